The molecule has 0 saturated carbocycles. The molecule has 160 valence electrons. The lowest BCUT2D eigenvalue weighted by molar-refractivity contribution is -0.143. The summed E-state index contributed by atoms with van der Waals surface area (Å²) in [5.74, 6) is -0.718. The lowest BCUT2D eigenvalue weighted by Crippen LogP contribution is -2.48. The van der Waals surface area contributed by atoms with E-state index in [9.17, 15) is 19.2 Å². The number of anilines is 1. The van der Waals surface area contributed by atoms with Crippen LogP contribution in [0, 0.1) is 0 Å². The maximum atomic E-state index is 13.2. The molecule has 0 unspecified atom stereocenters. The standard InChI is InChI=1S/C21H26N4O5/c1-13-5-3-4-10-24(13)17(26)12-25-18(27)21(30-20(25)29)9-8-14-11-15(6-7-16(14)21)23-19(28)22-2/h6-7,11,13H,3-5,8-10,12H2,1-2H3,(H2,22,23,28)/t13-,21+/m0/s1. The van der Waals surface area contributed by atoms with Crippen LogP contribution in [0.5, 0.6) is 0 Å². The summed E-state index contributed by atoms with van der Waals surface area (Å²) < 4.78 is 5.59. The second kappa shape index (κ2) is 7.62. The molecule has 1 aromatic carbocycles. The number of hydrogen-bond donors (Lipinski definition) is 2. The number of amides is 5. The summed E-state index contributed by atoms with van der Waals surface area (Å²) >= 11 is 0. The Bertz CT molecular complexity index is 917. The number of aryl methyl sites for hydroxylation is 1. The molecule has 1 aromatic rings. The highest BCUT2D eigenvalue weighted by Crippen LogP contribution is 2.46. The number of fused-ring (bicyclic) bond motifs is 2. The van der Waals surface area contributed by atoms with Gasteiger partial charge in [-0.1, -0.05) is 6.07 Å². The van der Waals surface area contributed by atoms with Crippen LogP contribution in [0.25, 0.3) is 0 Å². The Morgan fingerprint density at radius 3 is 2.80 bits per heavy atom. The fourth-order valence-corrected chi connectivity index (χ4v) is 4.62. The molecule has 2 N–H and O–H groups in total. The van der Waals surface area contributed by atoms with Gasteiger partial charge < -0.3 is 20.3 Å². The second-order valence-corrected chi connectivity index (χ2v) is 8.09. The monoisotopic (exact) mass is 414 g/mol. The third-order valence-electron chi connectivity index (χ3n) is 6.26. The molecule has 9 heteroatoms. The van der Waals surface area contributed by atoms with Crippen LogP contribution in [0.3, 0.4) is 0 Å². The average molecular weight is 414 g/mol. The molecule has 4 rings (SSSR count). The largest absolute Gasteiger partial charge is 0.427 e. The molecule has 3 aliphatic rings. The summed E-state index contributed by atoms with van der Waals surface area (Å²) in [5.41, 5.74) is 0.659. The minimum absolute atomic E-state index is 0.104. The van der Waals surface area contributed by atoms with E-state index >= 15 is 0 Å². The molecule has 2 aliphatic heterocycles. The molecule has 2 heterocycles. The summed E-state index contributed by atoms with van der Waals surface area (Å²) in [6.45, 7) is 2.34. The number of piperidine rings is 1. The minimum atomic E-state index is -1.38. The van der Waals surface area contributed by atoms with E-state index in [1.165, 1.54) is 7.05 Å². The van der Waals surface area contributed by atoms with Crippen molar-refractivity contribution in [1.29, 1.82) is 0 Å². The summed E-state index contributed by atoms with van der Waals surface area (Å²) in [4.78, 5) is 52.8. The first-order valence-electron chi connectivity index (χ1n) is 10.3. The molecular weight excluding hydrogens is 388 g/mol. The van der Waals surface area contributed by atoms with Crippen LogP contribution >= 0.6 is 0 Å². The molecule has 1 spiro atoms. The van der Waals surface area contributed by atoms with E-state index in [4.69, 9.17) is 4.74 Å². The maximum absolute atomic E-state index is 13.2. The Morgan fingerprint density at radius 2 is 2.07 bits per heavy atom. The van der Waals surface area contributed by atoms with E-state index in [-0.39, 0.29) is 24.5 Å². The third-order valence-corrected chi connectivity index (χ3v) is 6.26. The van der Waals surface area contributed by atoms with Gasteiger partial charge in [0.05, 0.1) is 0 Å². The summed E-state index contributed by atoms with van der Waals surface area (Å²) in [6, 6.07) is 4.92. The number of imide groups is 1. The van der Waals surface area contributed by atoms with Gasteiger partial charge in [-0.2, -0.15) is 0 Å². The van der Waals surface area contributed by atoms with Crippen LogP contribution in [-0.4, -0.2) is 59.9 Å². The predicted octanol–water partition coefficient (Wildman–Crippen LogP) is 1.96. The van der Waals surface area contributed by atoms with Gasteiger partial charge in [-0.3, -0.25) is 9.59 Å². The molecule has 0 bridgehead atoms. The fraction of sp³-hybridized carbons (Fsp3) is 0.524. The third kappa shape index (κ3) is 3.28. The van der Waals surface area contributed by atoms with Gasteiger partial charge in [-0.05, 0) is 50.3 Å². The highest BCUT2D eigenvalue weighted by Gasteiger charge is 2.58. The van der Waals surface area contributed by atoms with Crippen LogP contribution in [0.2, 0.25) is 0 Å². The summed E-state index contributed by atoms with van der Waals surface area (Å²) in [7, 11) is 1.52. The van der Waals surface area contributed by atoms with Crippen molar-refractivity contribution in [3.63, 3.8) is 0 Å². The van der Waals surface area contributed by atoms with E-state index in [1.807, 2.05) is 6.92 Å². The van der Waals surface area contributed by atoms with Crippen LogP contribution < -0.4 is 10.6 Å². The molecule has 1 aliphatic carbocycles. The van der Waals surface area contributed by atoms with Crippen molar-refractivity contribution in [2.24, 2.45) is 0 Å². The molecule has 2 atom stereocenters. The van der Waals surface area contributed by atoms with Crippen LogP contribution in [0.4, 0.5) is 15.3 Å². The number of urea groups is 1. The smallest absolute Gasteiger partial charge is 0.418 e. The normalized spacial score (nSPS) is 25.3. The minimum Gasteiger partial charge on any atom is -0.427 e. The second-order valence-electron chi connectivity index (χ2n) is 8.09. The van der Waals surface area contributed by atoms with Crippen molar-refractivity contribution in [1.82, 2.24) is 15.1 Å². The Kier molecular flexibility index (Phi) is 5.13. The van der Waals surface area contributed by atoms with Gasteiger partial charge in [0, 0.05) is 37.3 Å². The van der Waals surface area contributed by atoms with Gasteiger partial charge >= 0.3 is 12.1 Å². The van der Waals surface area contributed by atoms with Crippen molar-refractivity contribution >= 4 is 29.6 Å². The lowest BCUT2D eigenvalue weighted by Gasteiger charge is -2.34. The number of rotatable bonds is 3. The molecule has 9 nitrogen and oxygen atoms in total. The van der Waals surface area contributed by atoms with Gasteiger partial charge in [-0.25, -0.2) is 14.5 Å². The first-order chi connectivity index (χ1) is 14.4. The van der Waals surface area contributed by atoms with Gasteiger partial charge in [0.25, 0.3) is 5.91 Å². The number of likely N-dealkylation sites (tertiary alicyclic amines) is 1. The zero-order chi connectivity index (χ0) is 21.5. The molecule has 0 radical (unpaired) electrons. The molecule has 2 saturated heterocycles. The van der Waals surface area contributed by atoms with Crippen LogP contribution in [-0.2, 0) is 26.3 Å². The van der Waals surface area contributed by atoms with Crippen molar-refractivity contribution in [3.8, 4) is 0 Å². The van der Waals surface area contributed by atoms with Crippen molar-refractivity contribution in [2.75, 3.05) is 25.5 Å². The number of nitrogens with one attached hydrogen (secondary N) is 2. The topological polar surface area (TPSA) is 108 Å². The SMILES string of the molecule is CNC(=O)Nc1ccc2c(c1)CC[C@@]21OC(=O)N(CC(=O)N2CCCC[C@@H]2C)C1=O. The first kappa shape index (κ1) is 20.2. The fourth-order valence-electron chi connectivity index (χ4n) is 4.62. The predicted molar refractivity (Wildman–Crippen MR) is 108 cm³/mol. The van der Waals surface area contributed by atoms with Gasteiger partial charge in [0.15, 0.2) is 0 Å². The number of benzene rings is 1. The summed E-state index contributed by atoms with van der Waals surface area (Å²) in [6.07, 6.45) is 3.00. The molecule has 30 heavy (non-hydrogen) atoms. The van der Waals surface area contributed by atoms with E-state index in [2.05, 4.69) is 10.6 Å². The van der Waals surface area contributed by atoms with Crippen molar-refractivity contribution < 1.29 is 23.9 Å². The van der Waals surface area contributed by atoms with E-state index < -0.39 is 17.6 Å². The number of carbonyl (C=O) groups excluding carboxylic acids is 4. The van der Waals surface area contributed by atoms with Crippen LogP contribution in [0.15, 0.2) is 18.2 Å². The number of hydrogen-bond acceptors (Lipinski definition) is 5. The Hall–Kier alpha value is -3.10. The molecular formula is C21H26N4O5. The quantitative estimate of drug-likeness (QED) is 0.786. The lowest BCUT2D eigenvalue weighted by atomic mass is 9.94. The Balaban J connectivity index is 1.53. The maximum Gasteiger partial charge on any atom is 0.418 e. The van der Waals surface area contributed by atoms with E-state index in [1.54, 1.807) is 23.1 Å². The molecule has 2 fully saturated rings. The Labute approximate surface area is 174 Å². The van der Waals surface area contributed by atoms with E-state index in [0.29, 0.717) is 30.6 Å². The Morgan fingerprint density at radius 1 is 1.27 bits per heavy atom. The number of ether oxygens (including phenoxy) is 1. The highest BCUT2D eigenvalue weighted by molar-refractivity contribution is 6.06. The number of nitrogens with zero attached hydrogens (tertiary/aromatic N) is 2. The van der Waals surface area contributed by atoms with Crippen LogP contribution in [0.1, 0.15) is 43.7 Å². The zero-order valence-electron chi connectivity index (χ0n) is 17.2. The molecule has 5 amide bonds. The number of carbonyl (C=O) groups is 4. The van der Waals surface area contributed by atoms with Gasteiger partial charge in [0.2, 0.25) is 11.5 Å². The molecule has 0 aromatic heterocycles. The first-order valence-corrected chi connectivity index (χ1v) is 10.3. The van der Waals surface area contributed by atoms with Gasteiger partial charge in [-0.15, -0.1) is 0 Å². The zero-order valence-corrected chi connectivity index (χ0v) is 17.2. The van der Waals surface area contributed by atoms with Crippen molar-refractivity contribution in [3.05, 3.63) is 29.3 Å². The van der Waals surface area contributed by atoms with Crippen molar-refractivity contribution in [2.45, 2.75) is 50.7 Å². The average Bonchev–Trinajstić information content (AvgIpc) is 3.20. The van der Waals surface area contributed by atoms with E-state index in [0.717, 1.165) is 29.7 Å². The highest BCUT2D eigenvalue weighted by atomic mass is 16.6. The summed E-state index contributed by atoms with van der Waals surface area (Å²) in [5, 5.41) is 5.17. The van der Waals surface area contributed by atoms with Gasteiger partial charge in [0.1, 0.15) is 6.54 Å².